The number of rotatable bonds is 5. The maximum absolute atomic E-state index is 11.4. The van der Waals surface area contributed by atoms with Gasteiger partial charge < -0.3 is 14.7 Å². The van der Waals surface area contributed by atoms with Crippen molar-refractivity contribution >= 4 is 17.4 Å². The van der Waals surface area contributed by atoms with Crippen LogP contribution in [0.2, 0.25) is 0 Å². The van der Waals surface area contributed by atoms with Crippen molar-refractivity contribution in [3.63, 3.8) is 0 Å². The summed E-state index contributed by atoms with van der Waals surface area (Å²) in [6.45, 7) is 3.34. The van der Waals surface area contributed by atoms with Crippen molar-refractivity contribution in [1.82, 2.24) is 25.3 Å². The normalized spacial score (nSPS) is 21.8. The summed E-state index contributed by atoms with van der Waals surface area (Å²) in [7, 11) is 0. The minimum atomic E-state index is -0.845. The number of carboxylic acid groups (broad SMARTS) is 1. The molecule has 2 unspecified atom stereocenters. The molecule has 0 spiro atoms. The monoisotopic (exact) mass is 292 g/mol. The van der Waals surface area contributed by atoms with Gasteiger partial charge in [0.05, 0.1) is 19.3 Å². The molecule has 1 aliphatic rings. The molecule has 1 fully saturated rings. The molecule has 3 heterocycles. The van der Waals surface area contributed by atoms with Gasteiger partial charge in [-0.1, -0.05) is 6.92 Å². The number of fused-ring (bicyclic) bond motifs is 1. The summed E-state index contributed by atoms with van der Waals surface area (Å²) in [6, 6.07) is 3.33. The van der Waals surface area contributed by atoms with Crippen LogP contribution in [-0.4, -0.2) is 62.1 Å². The Labute approximate surface area is 120 Å². The lowest BCUT2D eigenvalue weighted by atomic mass is 10.0. The molecule has 21 heavy (non-hydrogen) atoms. The minimum absolute atomic E-state index is 0.230. The number of tetrazole rings is 1. The lowest BCUT2D eigenvalue weighted by Gasteiger charge is -2.30. The molecule has 1 saturated heterocycles. The van der Waals surface area contributed by atoms with E-state index in [-0.39, 0.29) is 12.6 Å². The van der Waals surface area contributed by atoms with Crippen LogP contribution >= 0.6 is 0 Å². The number of carbonyl (C=O) groups is 1. The van der Waals surface area contributed by atoms with Gasteiger partial charge in [0.2, 0.25) is 0 Å². The second-order valence-electron chi connectivity index (χ2n) is 4.96. The predicted octanol–water partition coefficient (Wildman–Crippen LogP) is -0.165. The SMILES string of the molecule is CCCN(c1ccc2nnnn2n1)C1COCC1C(=O)O. The summed E-state index contributed by atoms with van der Waals surface area (Å²) < 4.78 is 6.69. The second-order valence-corrected chi connectivity index (χ2v) is 4.96. The Balaban J connectivity index is 1.94. The van der Waals surface area contributed by atoms with Crippen LogP contribution in [-0.2, 0) is 9.53 Å². The molecule has 3 rings (SSSR count). The van der Waals surface area contributed by atoms with Crippen molar-refractivity contribution in [2.45, 2.75) is 19.4 Å². The Bertz CT molecular complexity index is 645. The molecule has 1 aliphatic heterocycles. The zero-order valence-electron chi connectivity index (χ0n) is 11.6. The molecule has 0 bridgehead atoms. The molecule has 2 aromatic rings. The molecule has 0 saturated carbocycles. The van der Waals surface area contributed by atoms with E-state index < -0.39 is 11.9 Å². The molecule has 9 nitrogen and oxygen atoms in total. The standard InChI is InChI=1S/C12H16N6O3/c1-2-5-17(9-7-21-6-8(9)12(19)20)11-4-3-10-13-15-16-18(10)14-11/h3-4,8-9H,2,5-7H2,1H3,(H,19,20). The Kier molecular flexibility index (Phi) is 3.65. The highest BCUT2D eigenvalue weighted by molar-refractivity contribution is 5.72. The first-order chi connectivity index (χ1) is 10.2. The summed E-state index contributed by atoms with van der Waals surface area (Å²) in [5.41, 5.74) is 0.549. The van der Waals surface area contributed by atoms with E-state index in [4.69, 9.17) is 4.74 Å². The first-order valence-corrected chi connectivity index (χ1v) is 6.83. The first-order valence-electron chi connectivity index (χ1n) is 6.83. The number of nitrogens with zero attached hydrogens (tertiary/aromatic N) is 6. The molecule has 112 valence electrons. The summed E-state index contributed by atoms with van der Waals surface area (Å²) in [6.07, 6.45) is 0.873. The molecule has 2 atom stereocenters. The molecule has 9 heteroatoms. The zero-order valence-corrected chi connectivity index (χ0v) is 11.6. The third-order valence-corrected chi connectivity index (χ3v) is 3.58. The fourth-order valence-electron chi connectivity index (χ4n) is 2.57. The van der Waals surface area contributed by atoms with Crippen molar-refractivity contribution in [2.75, 3.05) is 24.7 Å². The van der Waals surface area contributed by atoms with Gasteiger partial charge in [-0.05, 0) is 29.0 Å². The number of hydrogen-bond donors (Lipinski definition) is 1. The van der Waals surface area contributed by atoms with Gasteiger partial charge in [0.1, 0.15) is 5.92 Å². The zero-order chi connectivity index (χ0) is 14.8. The average molecular weight is 292 g/mol. The first kappa shape index (κ1) is 13.7. The van der Waals surface area contributed by atoms with Crippen molar-refractivity contribution in [1.29, 1.82) is 0 Å². The molecule has 0 radical (unpaired) electrons. The number of carboxylic acids is 1. The maximum atomic E-state index is 11.4. The van der Waals surface area contributed by atoms with Crippen LogP contribution < -0.4 is 4.90 Å². The summed E-state index contributed by atoms with van der Waals surface area (Å²) in [5.74, 6) is -0.747. The Morgan fingerprint density at radius 1 is 1.52 bits per heavy atom. The molecule has 2 aromatic heterocycles. The van der Waals surface area contributed by atoms with Gasteiger partial charge >= 0.3 is 5.97 Å². The Hall–Kier alpha value is -2.29. The van der Waals surface area contributed by atoms with E-state index in [1.165, 1.54) is 4.63 Å². The van der Waals surface area contributed by atoms with Gasteiger partial charge in [-0.25, -0.2) is 0 Å². The van der Waals surface area contributed by atoms with Gasteiger partial charge in [0, 0.05) is 6.54 Å². The highest BCUT2D eigenvalue weighted by atomic mass is 16.5. The van der Waals surface area contributed by atoms with Crippen molar-refractivity contribution in [3.8, 4) is 0 Å². The Morgan fingerprint density at radius 2 is 2.38 bits per heavy atom. The maximum Gasteiger partial charge on any atom is 0.311 e. The van der Waals surface area contributed by atoms with Gasteiger partial charge in [-0.15, -0.1) is 14.8 Å². The lowest BCUT2D eigenvalue weighted by molar-refractivity contribution is -0.142. The fraction of sp³-hybridized carbons (Fsp3) is 0.583. The lowest BCUT2D eigenvalue weighted by Crippen LogP contribution is -2.44. The van der Waals surface area contributed by atoms with Gasteiger partial charge in [-0.3, -0.25) is 4.79 Å². The molecular weight excluding hydrogens is 276 g/mol. The minimum Gasteiger partial charge on any atom is -0.481 e. The molecule has 1 N–H and O–H groups in total. The average Bonchev–Trinajstić information content (AvgIpc) is 3.12. The van der Waals surface area contributed by atoms with Crippen molar-refractivity contribution < 1.29 is 14.6 Å². The molecule has 0 aromatic carbocycles. The van der Waals surface area contributed by atoms with E-state index in [1.807, 2.05) is 11.8 Å². The van der Waals surface area contributed by atoms with Gasteiger partial charge in [0.15, 0.2) is 11.5 Å². The van der Waals surface area contributed by atoms with Crippen LogP contribution in [0.25, 0.3) is 5.65 Å². The van der Waals surface area contributed by atoms with Crippen molar-refractivity contribution in [3.05, 3.63) is 12.1 Å². The smallest absolute Gasteiger partial charge is 0.311 e. The van der Waals surface area contributed by atoms with Crippen LogP contribution in [0.5, 0.6) is 0 Å². The van der Waals surface area contributed by atoms with Gasteiger partial charge in [0.25, 0.3) is 0 Å². The fourth-order valence-corrected chi connectivity index (χ4v) is 2.57. The number of anilines is 1. The summed E-state index contributed by atoms with van der Waals surface area (Å²) in [5, 5.41) is 24.8. The van der Waals surface area contributed by atoms with E-state index in [9.17, 15) is 9.90 Å². The highest BCUT2D eigenvalue weighted by Crippen LogP contribution is 2.24. The summed E-state index contributed by atoms with van der Waals surface area (Å²) in [4.78, 5) is 13.3. The largest absolute Gasteiger partial charge is 0.481 e. The second kappa shape index (κ2) is 5.60. The van der Waals surface area contributed by atoms with Gasteiger partial charge in [-0.2, -0.15) is 0 Å². The topological polar surface area (TPSA) is 106 Å². The van der Waals surface area contributed by atoms with E-state index in [2.05, 4.69) is 20.6 Å². The van der Waals surface area contributed by atoms with Crippen LogP contribution in [0.15, 0.2) is 12.1 Å². The predicted molar refractivity (Wildman–Crippen MR) is 71.9 cm³/mol. The van der Waals surface area contributed by atoms with Crippen LogP contribution in [0.3, 0.4) is 0 Å². The molecular formula is C12H16N6O3. The van der Waals surface area contributed by atoms with E-state index in [0.29, 0.717) is 24.6 Å². The van der Waals surface area contributed by atoms with Crippen LogP contribution in [0, 0.1) is 5.92 Å². The Morgan fingerprint density at radius 3 is 3.14 bits per heavy atom. The molecule has 0 aliphatic carbocycles. The van der Waals surface area contributed by atoms with E-state index >= 15 is 0 Å². The van der Waals surface area contributed by atoms with E-state index in [1.54, 1.807) is 12.1 Å². The number of ether oxygens (including phenoxy) is 1. The number of aromatic nitrogens is 5. The highest BCUT2D eigenvalue weighted by Gasteiger charge is 2.38. The molecule has 0 amide bonds. The van der Waals surface area contributed by atoms with E-state index in [0.717, 1.165) is 6.42 Å². The summed E-state index contributed by atoms with van der Waals surface area (Å²) >= 11 is 0. The van der Waals surface area contributed by atoms with Crippen molar-refractivity contribution in [2.24, 2.45) is 5.92 Å². The third kappa shape index (κ3) is 2.51. The number of hydrogen-bond acceptors (Lipinski definition) is 7. The van der Waals surface area contributed by atoms with Crippen LogP contribution in [0.4, 0.5) is 5.82 Å². The number of aliphatic carboxylic acids is 1. The van der Waals surface area contributed by atoms with Crippen LogP contribution in [0.1, 0.15) is 13.3 Å². The third-order valence-electron chi connectivity index (χ3n) is 3.58. The quantitative estimate of drug-likeness (QED) is 0.810.